The summed E-state index contributed by atoms with van der Waals surface area (Å²) in [6, 6.07) is -14.0. The van der Waals surface area contributed by atoms with Gasteiger partial charge in [-0.1, -0.05) is 118 Å². The standard InChI is InChI=1S/C52H51N/c1-50(2)24-25-51(3,4)49-32-41(21-23-47(49)50)53(39-18-16-36(17-19-39)43-14-9-11-35-10-5-6-12-42(35)43)40-20-22-45-44-13-7-8-15-46(44)52(48(45)31-40)37-27-33-26-34(29-37)30-38(52)28-33/h5-23,31-34,37-38H,24-30H2,1-4H3/i5D,6D,7D,8D,9D,10D,11D,12D,13D,14D,15D,16D,17D,18D,19D,20D,21D,22D,23D,31D,32D. The minimum Gasteiger partial charge on any atom is -0.310 e. The first-order valence-electron chi connectivity index (χ1n) is 29.3. The molecule has 1 nitrogen and oxygen atoms in total. The first-order chi connectivity index (χ1) is 34.5. The van der Waals surface area contributed by atoms with Gasteiger partial charge in [0.1, 0.15) is 0 Å². The molecular formula is C52H51N. The first kappa shape index (κ1) is 17.2. The molecule has 0 aromatic heterocycles. The molecule has 4 saturated carbocycles. The maximum atomic E-state index is 10.6. The van der Waals surface area contributed by atoms with Gasteiger partial charge in [0.2, 0.25) is 0 Å². The summed E-state index contributed by atoms with van der Waals surface area (Å²) in [5.41, 5.74) is -4.70. The smallest absolute Gasteiger partial charge is 0.0648 e. The fourth-order valence-corrected chi connectivity index (χ4v) is 11.0. The van der Waals surface area contributed by atoms with E-state index >= 15 is 0 Å². The Hall–Kier alpha value is -4.62. The average molecular weight is 711 g/mol. The summed E-state index contributed by atoms with van der Waals surface area (Å²) >= 11 is 0. The predicted octanol–water partition coefficient (Wildman–Crippen LogP) is 14.0. The molecule has 0 amide bonds. The summed E-state index contributed by atoms with van der Waals surface area (Å²) in [6.07, 6.45) is 4.75. The normalized spacial score (nSPS) is 32.3. The van der Waals surface area contributed by atoms with Gasteiger partial charge in [0.25, 0.3) is 0 Å². The van der Waals surface area contributed by atoms with E-state index < -0.39 is 164 Å². The van der Waals surface area contributed by atoms with Crippen LogP contribution in [0.15, 0.2) is 127 Å². The lowest BCUT2D eigenvalue weighted by Gasteiger charge is -2.61. The topological polar surface area (TPSA) is 3.24 Å². The Morgan fingerprint density at radius 3 is 1.81 bits per heavy atom. The van der Waals surface area contributed by atoms with Gasteiger partial charge < -0.3 is 4.90 Å². The van der Waals surface area contributed by atoms with Crippen molar-refractivity contribution in [2.45, 2.75) is 88.9 Å². The van der Waals surface area contributed by atoms with Gasteiger partial charge in [-0.3, -0.25) is 0 Å². The summed E-state index contributed by atoms with van der Waals surface area (Å²) < 4.78 is 198. The molecule has 4 bridgehead atoms. The highest BCUT2D eigenvalue weighted by molar-refractivity contribution is 5.97. The fourth-order valence-electron chi connectivity index (χ4n) is 11.0. The van der Waals surface area contributed by atoms with Crippen molar-refractivity contribution in [1.29, 1.82) is 0 Å². The van der Waals surface area contributed by atoms with E-state index in [4.69, 9.17) is 12.3 Å². The van der Waals surface area contributed by atoms with Gasteiger partial charge in [0, 0.05) is 22.5 Å². The van der Waals surface area contributed by atoms with Crippen LogP contribution in [0.3, 0.4) is 0 Å². The largest absolute Gasteiger partial charge is 0.310 e. The Balaban J connectivity index is 1.31. The van der Waals surface area contributed by atoms with Gasteiger partial charge >= 0.3 is 0 Å². The summed E-state index contributed by atoms with van der Waals surface area (Å²) in [5.74, 6) is 0.0811. The number of benzene rings is 6. The first-order valence-corrected chi connectivity index (χ1v) is 18.8. The van der Waals surface area contributed by atoms with E-state index in [0.29, 0.717) is 61.5 Å². The van der Waals surface area contributed by atoms with Gasteiger partial charge in [-0.15, -0.1) is 0 Å². The molecule has 6 aromatic carbocycles. The van der Waals surface area contributed by atoms with E-state index in [1.54, 1.807) is 0 Å². The second kappa shape index (κ2) is 11.2. The molecule has 4 fully saturated rings. The summed E-state index contributed by atoms with van der Waals surface area (Å²) in [6.45, 7) is 7.58. The zero-order valence-electron chi connectivity index (χ0n) is 51.2. The van der Waals surface area contributed by atoms with E-state index in [0.717, 1.165) is 11.3 Å². The van der Waals surface area contributed by atoms with Crippen LogP contribution in [0.4, 0.5) is 17.1 Å². The molecule has 0 N–H and O–H groups in total. The minimum atomic E-state index is -1.28. The van der Waals surface area contributed by atoms with Gasteiger partial charge in [-0.2, -0.15) is 0 Å². The van der Waals surface area contributed by atoms with Crippen molar-refractivity contribution in [2.24, 2.45) is 23.7 Å². The molecule has 264 valence electrons. The van der Waals surface area contributed by atoms with E-state index in [-0.39, 0.29) is 52.2 Å². The van der Waals surface area contributed by atoms with E-state index in [9.17, 15) is 16.4 Å². The lowest BCUT2D eigenvalue weighted by atomic mass is 9.43. The molecule has 12 rings (SSSR count). The predicted molar refractivity (Wildman–Crippen MR) is 223 cm³/mol. The molecule has 0 atom stereocenters. The average Bonchev–Trinajstić information content (AvgIpc) is 3.66. The molecular weight excluding hydrogens is 639 g/mol. The van der Waals surface area contributed by atoms with Crippen LogP contribution in [-0.2, 0) is 16.2 Å². The maximum absolute atomic E-state index is 10.6. The Bertz CT molecular complexity index is 3550. The fraction of sp³-hybridized carbons (Fsp3) is 0.346. The molecule has 6 aliphatic rings. The number of anilines is 3. The van der Waals surface area contributed by atoms with Crippen molar-refractivity contribution in [3.8, 4) is 22.3 Å². The SMILES string of the molecule is [2H]c1c([2H])c([2H])c2c(c1[2H])-c1c([2H])c([2H])c(N(c3c([2H])c([2H])c(-c4c([2H])c([2H])c([2H])c5c([2H])c([2H])c([2H])c([2H])c45)c([2H])c3[2H])c3c([2H])c([2H])c4c(c3[2H])C(C)(C)CCC4(C)C)c([2H])c1C21C2CC3CC(C2)CC1C3. The Morgan fingerprint density at radius 2 is 1.06 bits per heavy atom. The number of nitrogens with zero attached hydrogens (tertiary/aromatic N) is 1. The van der Waals surface area contributed by atoms with E-state index in [2.05, 4.69) is 0 Å². The van der Waals surface area contributed by atoms with Crippen molar-refractivity contribution in [3.05, 3.63) is 149 Å². The lowest BCUT2D eigenvalue weighted by Crippen LogP contribution is -2.55. The van der Waals surface area contributed by atoms with Gasteiger partial charge in [-0.05, 0) is 171 Å². The van der Waals surface area contributed by atoms with Crippen LogP contribution < -0.4 is 4.90 Å². The van der Waals surface area contributed by atoms with Crippen LogP contribution >= 0.6 is 0 Å². The van der Waals surface area contributed by atoms with Gasteiger partial charge in [0.05, 0.1) is 28.8 Å². The summed E-state index contributed by atoms with van der Waals surface area (Å²) in [4.78, 5) is 0.935. The zero-order chi connectivity index (χ0) is 54.0. The van der Waals surface area contributed by atoms with Gasteiger partial charge in [0.15, 0.2) is 0 Å². The summed E-state index contributed by atoms with van der Waals surface area (Å²) in [5, 5.41) is -0.989. The monoisotopic (exact) mass is 711 g/mol. The maximum Gasteiger partial charge on any atom is 0.0648 e. The molecule has 0 unspecified atom stereocenters. The molecule has 6 aliphatic carbocycles. The third kappa shape index (κ3) is 4.55. The van der Waals surface area contributed by atoms with E-state index in [1.807, 2.05) is 27.7 Å². The van der Waals surface area contributed by atoms with Crippen LogP contribution in [0.25, 0.3) is 33.0 Å². The van der Waals surface area contributed by atoms with Crippen LogP contribution in [0.2, 0.25) is 0 Å². The molecule has 0 heterocycles. The Morgan fingerprint density at radius 1 is 0.491 bits per heavy atom. The zero-order valence-corrected chi connectivity index (χ0v) is 30.2. The molecule has 1 heteroatoms. The number of rotatable bonds is 4. The highest BCUT2D eigenvalue weighted by Crippen LogP contribution is 2.69. The second-order valence-corrected chi connectivity index (χ2v) is 17.2. The van der Waals surface area contributed by atoms with Crippen LogP contribution in [0, 0.1) is 23.7 Å². The number of fused-ring (bicyclic) bond motifs is 5. The Kier molecular flexibility index (Phi) is 3.64. The molecule has 0 saturated heterocycles. The number of hydrogen-bond acceptors (Lipinski definition) is 1. The molecule has 1 spiro atoms. The molecule has 6 aromatic rings. The van der Waals surface area contributed by atoms with Gasteiger partial charge in [-0.25, -0.2) is 0 Å². The van der Waals surface area contributed by atoms with Crippen molar-refractivity contribution in [3.63, 3.8) is 0 Å². The van der Waals surface area contributed by atoms with Crippen molar-refractivity contribution in [2.75, 3.05) is 4.90 Å². The highest BCUT2D eigenvalue weighted by Gasteiger charge is 2.61. The third-order valence-electron chi connectivity index (χ3n) is 13.4. The second-order valence-electron chi connectivity index (χ2n) is 17.2. The lowest BCUT2D eigenvalue weighted by molar-refractivity contribution is -0.0399. The van der Waals surface area contributed by atoms with Crippen LogP contribution in [0.5, 0.6) is 0 Å². The van der Waals surface area contributed by atoms with Crippen LogP contribution in [0.1, 0.15) is 124 Å². The van der Waals surface area contributed by atoms with Crippen molar-refractivity contribution < 1.29 is 28.8 Å². The molecule has 53 heavy (non-hydrogen) atoms. The van der Waals surface area contributed by atoms with Crippen molar-refractivity contribution in [1.82, 2.24) is 0 Å². The number of hydrogen-bond donors (Lipinski definition) is 0. The van der Waals surface area contributed by atoms with Crippen LogP contribution in [-0.4, -0.2) is 0 Å². The third-order valence-corrected chi connectivity index (χ3v) is 13.4. The highest BCUT2D eigenvalue weighted by atomic mass is 15.1. The van der Waals surface area contributed by atoms with Crippen molar-refractivity contribution >= 4 is 27.8 Å². The van der Waals surface area contributed by atoms with E-state index in [1.165, 1.54) is 0 Å². The molecule has 0 aliphatic heterocycles. The molecule has 0 radical (unpaired) electrons. The quantitative estimate of drug-likeness (QED) is 0.176. The minimum absolute atomic E-state index is 0.0228. The summed E-state index contributed by atoms with van der Waals surface area (Å²) in [7, 11) is 0. The Labute approximate surface area is 345 Å².